The molecule has 1 aromatic rings. The van der Waals surface area contributed by atoms with Crippen LogP contribution in [0.3, 0.4) is 0 Å². The van der Waals surface area contributed by atoms with Crippen molar-refractivity contribution in [3.63, 3.8) is 0 Å². The Morgan fingerprint density at radius 1 is 1.67 bits per heavy atom. The number of aromatic nitrogens is 2. The minimum atomic E-state index is 0. The van der Waals surface area contributed by atoms with E-state index in [-0.39, 0.29) is 7.43 Å². The van der Waals surface area contributed by atoms with Crippen LogP contribution in [0.25, 0.3) is 0 Å². The fourth-order valence-corrected chi connectivity index (χ4v) is 0.512. The highest BCUT2D eigenvalue weighted by atomic mass is 16.5. The highest BCUT2D eigenvalue weighted by Crippen LogP contribution is 1.83. The van der Waals surface area contributed by atoms with E-state index in [1.165, 1.54) is 0 Å². The fraction of sp³-hybridized carbons (Fsp3) is 0.500. The Morgan fingerprint density at radius 3 is 2.89 bits per heavy atom. The third-order valence-corrected chi connectivity index (χ3v) is 0.837. The van der Waals surface area contributed by atoms with Crippen LogP contribution in [-0.4, -0.2) is 16.7 Å². The molecule has 0 aliphatic carbocycles. The van der Waals surface area contributed by atoms with E-state index in [4.69, 9.17) is 4.74 Å². The van der Waals surface area contributed by atoms with Crippen molar-refractivity contribution < 1.29 is 4.74 Å². The molecule has 0 fully saturated rings. The molecule has 9 heavy (non-hydrogen) atoms. The van der Waals surface area contributed by atoms with E-state index in [2.05, 4.69) is 4.98 Å². The normalized spacial score (nSPS) is 8.56. The van der Waals surface area contributed by atoms with Crippen LogP contribution in [0.2, 0.25) is 0 Å². The van der Waals surface area contributed by atoms with Gasteiger partial charge < -0.3 is 9.30 Å². The van der Waals surface area contributed by atoms with Gasteiger partial charge in [0, 0.05) is 19.5 Å². The number of nitrogens with zero attached hydrogens (tertiary/aromatic N) is 2. The van der Waals surface area contributed by atoms with Crippen LogP contribution in [0.4, 0.5) is 0 Å². The summed E-state index contributed by atoms with van der Waals surface area (Å²) >= 11 is 0. The van der Waals surface area contributed by atoms with Crippen molar-refractivity contribution in [1.29, 1.82) is 0 Å². The summed E-state index contributed by atoms with van der Waals surface area (Å²) in [6, 6.07) is 0. The van der Waals surface area contributed by atoms with E-state index in [9.17, 15) is 0 Å². The number of imidazole rings is 1. The zero-order valence-corrected chi connectivity index (χ0v) is 4.74. The van der Waals surface area contributed by atoms with Crippen LogP contribution in [0.15, 0.2) is 18.7 Å². The van der Waals surface area contributed by atoms with Gasteiger partial charge in [-0.3, -0.25) is 0 Å². The summed E-state index contributed by atoms with van der Waals surface area (Å²) in [5.41, 5.74) is 0. The van der Waals surface area contributed by atoms with Gasteiger partial charge in [0.2, 0.25) is 0 Å². The van der Waals surface area contributed by atoms with Crippen LogP contribution in [0.1, 0.15) is 7.43 Å². The van der Waals surface area contributed by atoms with E-state index in [0.717, 1.165) is 0 Å². The Morgan fingerprint density at radius 2 is 2.44 bits per heavy atom. The van der Waals surface area contributed by atoms with Crippen molar-refractivity contribution in [3.05, 3.63) is 18.7 Å². The molecular formula is C6H12N2O. The molecule has 3 nitrogen and oxygen atoms in total. The van der Waals surface area contributed by atoms with Gasteiger partial charge in [-0.15, -0.1) is 0 Å². The van der Waals surface area contributed by atoms with Gasteiger partial charge in [-0.25, -0.2) is 4.98 Å². The molecule has 0 saturated carbocycles. The second-order valence-corrected chi connectivity index (χ2v) is 1.49. The maximum atomic E-state index is 4.81. The predicted molar refractivity (Wildman–Crippen MR) is 36.0 cm³/mol. The SMILES string of the molecule is C.COCn1ccnc1. The number of hydrogen-bond acceptors (Lipinski definition) is 2. The topological polar surface area (TPSA) is 27.1 Å². The molecule has 1 rings (SSSR count). The highest BCUT2D eigenvalue weighted by molar-refractivity contribution is 4.71. The first-order valence-electron chi connectivity index (χ1n) is 2.38. The summed E-state index contributed by atoms with van der Waals surface area (Å²) in [6.07, 6.45) is 5.28. The lowest BCUT2D eigenvalue weighted by Crippen LogP contribution is -1.94. The molecular weight excluding hydrogens is 116 g/mol. The summed E-state index contributed by atoms with van der Waals surface area (Å²) in [5.74, 6) is 0. The van der Waals surface area contributed by atoms with Gasteiger partial charge in [0.15, 0.2) is 0 Å². The maximum absolute atomic E-state index is 4.81. The van der Waals surface area contributed by atoms with Gasteiger partial charge in [-0.05, 0) is 0 Å². The Labute approximate surface area is 55.3 Å². The Bertz CT molecular complexity index is 137. The second-order valence-electron chi connectivity index (χ2n) is 1.49. The monoisotopic (exact) mass is 128 g/mol. The molecule has 0 aromatic carbocycles. The van der Waals surface area contributed by atoms with E-state index >= 15 is 0 Å². The highest BCUT2D eigenvalue weighted by Gasteiger charge is 1.81. The number of rotatable bonds is 2. The van der Waals surface area contributed by atoms with Crippen molar-refractivity contribution in [2.75, 3.05) is 7.11 Å². The standard InChI is InChI=1S/C5H8N2O.CH4/c1-8-5-7-3-2-6-4-7;/h2-4H,5H2,1H3;1H4. The molecule has 0 aliphatic heterocycles. The molecule has 0 radical (unpaired) electrons. The Hall–Kier alpha value is -0.830. The van der Waals surface area contributed by atoms with Gasteiger partial charge in [0.1, 0.15) is 6.73 Å². The molecule has 0 saturated heterocycles. The van der Waals surface area contributed by atoms with Gasteiger partial charge in [0.05, 0.1) is 6.33 Å². The van der Waals surface area contributed by atoms with E-state index in [0.29, 0.717) is 6.73 Å². The average molecular weight is 128 g/mol. The molecule has 0 atom stereocenters. The Balaban J connectivity index is 0.000000640. The van der Waals surface area contributed by atoms with Gasteiger partial charge in [0.25, 0.3) is 0 Å². The fourth-order valence-electron chi connectivity index (χ4n) is 0.512. The molecule has 0 amide bonds. The molecule has 0 N–H and O–H groups in total. The Kier molecular flexibility index (Phi) is 3.71. The largest absolute Gasteiger partial charge is 0.364 e. The minimum Gasteiger partial charge on any atom is -0.364 e. The van der Waals surface area contributed by atoms with Crippen molar-refractivity contribution in [3.8, 4) is 0 Å². The summed E-state index contributed by atoms with van der Waals surface area (Å²) in [4.78, 5) is 3.82. The van der Waals surface area contributed by atoms with Gasteiger partial charge in [-0.1, -0.05) is 7.43 Å². The second kappa shape index (κ2) is 4.09. The molecule has 1 heterocycles. The number of methoxy groups -OCH3 is 1. The van der Waals surface area contributed by atoms with Crippen LogP contribution in [0.5, 0.6) is 0 Å². The smallest absolute Gasteiger partial charge is 0.123 e. The molecule has 0 unspecified atom stereocenters. The quantitative estimate of drug-likeness (QED) is 0.596. The van der Waals surface area contributed by atoms with Crippen LogP contribution < -0.4 is 0 Å². The molecule has 0 spiro atoms. The summed E-state index contributed by atoms with van der Waals surface area (Å²) in [6.45, 7) is 0.583. The van der Waals surface area contributed by atoms with Crippen molar-refractivity contribution >= 4 is 0 Å². The minimum absolute atomic E-state index is 0. The number of hydrogen-bond donors (Lipinski definition) is 0. The predicted octanol–water partition coefficient (Wildman–Crippen LogP) is 1.12. The van der Waals surface area contributed by atoms with Crippen molar-refractivity contribution in [2.45, 2.75) is 14.2 Å². The third-order valence-electron chi connectivity index (χ3n) is 0.837. The van der Waals surface area contributed by atoms with E-state index in [1.807, 2.05) is 10.8 Å². The molecule has 0 bridgehead atoms. The van der Waals surface area contributed by atoms with Crippen LogP contribution in [0, 0.1) is 0 Å². The molecule has 0 aliphatic rings. The summed E-state index contributed by atoms with van der Waals surface area (Å²) in [7, 11) is 1.65. The van der Waals surface area contributed by atoms with Crippen LogP contribution >= 0.6 is 0 Å². The van der Waals surface area contributed by atoms with Gasteiger partial charge in [-0.2, -0.15) is 0 Å². The average Bonchev–Trinajstić information content (AvgIpc) is 2.19. The van der Waals surface area contributed by atoms with Gasteiger partial charge >= 0.3 is 0 Å². The molecule has 3 heteroatoms. The molecule has 52 valence electrons. The zero-order chi connectivity index (χ0) is 5.82. The lowest BCUT2D eigenvalue weighted by Gasteiger charge is -1.95. The van der Waals surface area contributed by atoms with Crippen molar-refractivity contribution in [2.24, 2.45) is 0 Å². The summed E-state index contributed by atoms with van der Waals surface area (Å²) < 4.78 is 6.66. The van der Waals surface area contributed by atoms with Crippen LogP contribution in [-0.2, 0) is 11.5 Å². The number of ether oxygens (including phenoxy) is 1. The third kappa shape index (κ3) is 2.28. The first kappa shape index (κ1) is 8.17. The zero-order valence-electron chi connectivity index (χ0n) is 4.74. The van der Waals surface area contributed by atoms with Crippen molar-refractivity contribution in [1.82, 2.24) is 9.55 Å². The molecule has 1 aromatic heterocycles. The first-order chi connectivity index (χ1) is 3.93. The lowest BCUT2D eigenvalue weighted by molar-refractivity contribution is 0.131. The summed E-state index contributed by atoms with van der Waals surface area (Å²) in [5, 5.41) is 0. The lowest BCUT2D eigenvalue weighted by atomic mass is 10.9. The van der Waals surface area contributed by atoms with E-state index < -0.39 is 0 Å². The van der Waals surface area contributed by atoms with E-state index in [1.54, 1.807) is 19.6 Å². The first-order valence-corrected chi connectivity index (χ1v) is 2.38. The maximum Gasteiger partial charge on any atom is 0.123 e.